The van der Waals surface area contributed by atoms with Crippen molar-refractivity contribution in [3.63, 3.8) is 0 Å². The standard InChI is InChI=1S/C18H15BrFN/c1-21-18(17-15(19)10-5-11-16(17)20)14-9-4-7-12-6-2-3-8-13(12)14/h2-11,18,21H,1H3. The van der Waals surface area contributed by atoms with Gasteiger partial charge in [0.2, 0.25) is 0 Å². The molecule has 0 heterocycles. The maximum atomic E-state index is 14.3. The third-order valence-corrected chi connectivity index (χ3v) is 4.40. The van der Waals surface area contributed by atoms with E-state index < -0.39 is 0 Å². The number of hydrogen-bond acceptors (Lipinski definition) is 1. The lowest BCUT2D eigenvalue weighted by Gasteiger charge is -2.21. The summed E-state index contributed by atoms with van der Waals surface area (Å²) in [5, 5.41) is 5.53. The molecule has 0 amide bonds. The lowest BCUT2D eigenvalue weighted by Crippen LogP contribution is -2.19. The highest BCUT2D eigenvalue weighted by atomic mass is 79.9. The average Bonchev–Trinajstić information content (AvgIpc) is 2.51. The van der Waals surface area contributed by atoms with Crippen molar-refractivity contribution in [2.75, 3.05) is 7.05 Å². The number of rotatable bonds is 3. The van der Waals surface area contributed by atoms with Crippen LogP contribution in [0.25, 0.3) is 10.8 Å². The molecular weight excluding hydrogens is 329 g/mol. The van der Waals surface area contributed by atoms with Gasteiger partial charge in [-0.3, -0.25) is 0 Å². The van der Waals surface area contributed by atoms with E-state index in [1.165, 1.54) is 6.07 Å². The molecule has 1 unspecified atom stereocenters. The number of nitrogens with one attached hydrogen (secondary N) is 1. The molecule has 1 N–H and O–H groups in total. The highest BCUT2D eigenvalue weighted by Gasteiger charge is 2.20. The van der Waals surface area contributed by atoms with Crippen LogP contribution in [0.5, 0.6) is 0 Å². The third kappa shape index (κ3) is 2.59. The zero-order chi connectivity index (χ0) is 14.8. The van der Waals surface area contributed by atoms with E-state index in [1.807, 2.05) is 37.4 Å². The smallest absolute Gasteiger partial charge is 0.129 e. The monoisotopic (exact) mass is 343 g/mol. The van der Waals surface area contributed by atoms with Crippen molar-refractivity contribution in [2.45, 2.75) is 6.04 Å². The van der Waals surface area contributed by atoms with Crippen molar-refractivity contribution in [1.29, 1.82) is 0 Å². The van der Waals surface area contributed by atoms with Gasteiger partial charge in [0.25, 0.3) is 0 Å². The minimum atomic E-state index is -0.211. The molecule has 0 spiro atoms. The van der Waals surface area contributed by atoms with Gasteiger partial charge in [-0.15, -0.1) is 0 Å². The third-order valence-electron chi connectivity index (χ3n) is 3.71. The van der Waals surface area contributed by atoms with Crippen LogP contribution in [0.15, 0.2) is 65.1 Å². The summed E-state index contributed by atoms with van der Waals surface area (Å²) in [6.07, 6.45) is 0. The highest BCUT2D eigenvalue weighted by Crippen LogP contribution is 2.34. The van der Waals surface area contributed by atoms with E-state index in [2.05, 4.69) is 39.4 Å². The Morgan fingerprint density at radius 1 is 0.952 bits per heavy atom. The quantitative estimate of drug-likeness (QED) is 0.701. The van der Waals surface area contributed by atoms with E-state index in [-0.39, 0.29) is 11.9 Å². The Morgan fingerprint density at radius 2 is 1.67 bits per heavy atom. The Hall–Kier alpha value is -1.71. The largest absolute Gasteiger partial charge is 0.309 e. The summed E-state index contributed by atoms with van der Waals surface area (Å²) in [5.41, 5.74) is 1.71. The summed E-state index contributed by atoms with van der Waals surface area (Å²) in [6, 6.07) is 19.2. The van der Waals surface area contributed by atoms with Gasteiger partial charge in [0.1, 0.15) is 5.82 Å². The zero-order valence-corrected chi connectivity index (χ0v) is 13.2. The lowest BCUT2D eigenvalue weighted by molar-refractivity contribution is 0.575. The van der Waals surface area contributed by atoms with Crippen LogP contribution >= 0.6 is 15.9 Å². The van der Waals surface area contributed by atoms with Gasteiger partial charge in [-0.25, -0.2) is 4.39 Å². The summed E-state index contributed by atoms with van der Waals surface area (Å²) in [5.74, 6) is -0.211. The Balaban J connectivity index is 2.24. The molecule has 0 aliphatic carbocycles. The van der Waals surface area contributed by atoms with Gasteiger partial charge < -0.3 is 5.32 Å². The zero-order valence-electron chi connectivity index (χ0n) is 11.6. The highest BCUT2D eigenvalue weighted by molar-refractivity contribution is 9.10. The molecule has 3 heteroatoms. The number of hydrogen-bond donors (Lipinski definition) is 1. The van der Waals surface area contributed by atoms with E-state index in [0.717, 1.165) is 20.8 Å². The van der Waals surface area contributed by atoms with Crippen molar-refractivity contribution in [2.24, 2.45) is 0 Å². The molecule has 3 rings (SSSR count). The van der Waals surface area contributed by atoms with Crippen LogP contribution in [-0.4, -0.2) is 7.05 Å². The molecular formula is C18H15BrFN. The number of fused-ring (bicyclic) bond motifs is 1. The first-order valence-electron chi connectivity index (χ1n) is 6.81. The Bertz CT molecular complexity index is 760. The van der Waals surface area contributed by atoms with Crippen molar-refractivity contribution in [1.82, 2.24) is 5.32 Å². The van der Waals surface area contributed by atoms with Gasteiger partial charge in [-0.05, 0) is 35.5 Å². The van der Waals surface area contributed by atoms with E-state index in [0.29, 0.717) is 5.56 Å². The molecule has 0 fully saturated rings. The van der Waals surface area contributed by atoms with E-state index in [4.69, 9.17) is 0 Å². The fourth-order valence-electron chi connectivity index (χ4n) is 2.74. The predicted octanol–water partition coefficient (Wildman–Crippen LogP) is 5.05. The molecule has 0 saturated heterocycles. The summed E-state index contributed by atoms with van der Waals surface area (Å²) >= 11 is 3.47. The second-order valence-corrected chi connectivity index (χ2v) is 5.78. The van der Waals surface area contributed by atoms with Gasteiger partial charge in [0.05, 0.1) is 6.04 Å². The molecule has 1 atom stereocenters. The van der Waals surface area contributed by atoms with Crippen LogP contribution in [0, 0.1) is 5.82 Å². The van der Waals surface area contributed by atoms with Crippen molar-refractivity contribution in [3.05, 3.63) is 82.1 Å². The molecule has 0 saturated carbocycles. The average molecular weight is 344 g/mol. The van der Waals surface area contributed by atoms with Crippen LogP contribution in [-0.2, 0) is 0 Å². The summed E-state index contributed by atoms with van der Waals surface area (Å²) < 4.78 is 15.1. The van der Waals surface area contributed by atoms with E-state index >= 15 is 0 Å². The predicted molar refractivity (Wildman–Crippen MR) is 89.0 cm³/mol. The second-order valence-electron chi connectivity index (χ2n) is 4.93. The van der Waals surface area contributed by atoms with Gasteiger partial charge in [-0.1, -0.05) is 64.5 Å². The van der Waals surface area contributed by atoms with Crippen LogP contribution in [0.2, 0.25) is 0 Å². The molecule has 0 aliphatic heterocycles. The summed E-state index contributed by atoms with van der Waals surface area (Å²) in [7, 11) is 1.85. The molecule has 3 aromatic carbocycles. The van der Waals surface area contributed by atoms with Gasteiger partial charge in [0, 0.05) is 10.0 Å². The molecule has 1 nitrogen and oxygen atoms in total. The molecule has 106 valence electrons. The number of halogens is 2. The molecule has 3 aromatic rings. The normalized spacial score (nSPS) is 12.5. The van der Waals surface area contributed by atoms with Gasteiger partial charge >= 0.3 is 0 Å². The molecule has 0 radical (unpaired) electrons. The summed E-state index contributed by atoms with van der Waals surface area (Å²) in [6.45, 7) is 0. The maximum absolute atomic E-state index is 14.3. The Morgan fingerprint density at radius 3 is 2.43 bits per heavy atom. The van der Waals surface area contributed by atoms with Crippen molar-refractivity contribution < 1.29 is 4.39 Å². The van der Waals surface area contributed by atoms with Crippen molar-refractivity contribution in [3.8, 4) is 0 Å². The summed E-state index contributed by atoms with van der Waals surface area (Å²) in [4.78, 5) is 0. The molecule has 0 aromatic heterocycles. The van der Waals surface area contributed by atoms with Crippen LogP contribution < -0.4 is 5.32 Å². The van der Waals surface area contributed by atoms with Gasteiger partial charge in [0.15, 0.2) is 0 Å². The molecule has 21 heavy (non-hydrogen) atoms. The first-order valence-corrected chi connectivity index (χ1v) is 7.60. The van der Waals surface area contributed by atoms with Crippen molar-refractivity contribution >= 4 is 26.7 Å². The Labute approximate surface area is 131 Å². The SMILES string of the molecule is CNC(c1c(F)cccc1Br)c1cccc2ccccc12. The lowest BCUT2D eigenvalue weighted by atomic mass is 9.93. The first kappa shape index (κ1) is 14.2. The fourth-order valence-corrected chi connectivity index (χ4v) is 3.31. The van der Waals surface area contributed by atoms with E-state index in [1.54, 1.807) is 6.07 Å². The topological polar surface area (TPSA) is 12.0 Å². The molecule has 0 bridgehead atoms. The minimum Gasteiger partial charge on any atom is -0.309 e. The maximum Gasteiger partial charge on any atom is 0.129 e. The Kier molecular flexibility index (Phi) is 4.04. The molecule has 0 aliphatic rings. The van der Waals surface area contributed by atoms with Crippen LogP contribution in [0.1, 0.15) is 17.2 Å². The van der Waals surface area contributed by atoms with Crippen LogP contribution in [0.4, 0.5) is 4.39 Å². The van der Waals surface area contributed by atoms with Crippen LogP contribution in [0.3, 0.4) is 0 Å². The van der Waals surface area contributed by atoms with E-state index in [9.17, 15) is 4.39 Å². The first-order chi connectivity index (χ1) is 10.2. The van der Waals surface area contributed by atoms with Gasteiger partial charge in [-0.2, -0.15) is 0 Å². The number of benzene rings is 3. The minimum absolute atomic E-state index is 0.202. The fraction of sp³-hybridized carbons (Fsp3) is 0.111. The second kappa shape index (κ2) is 5.96.